The molecule has 110 valence electrons. The largest absolute Gasteiger partial charge is 0.311 e. The minimum Gasteiger partial charge on any atom is -0.311 e. The van der Waals surface area contributed by atoms with Crippen molar-refractivity contribution in [1.29, 1.82) is 0 Å². The molecule has 0 aliphatic heterocycles. The van der Waals surface area contributed by atoms with Crippen molar-refractivity contribution in [2.75, 3.05) is 0 Å². The lowest BCUT2D eigenvalue weighted by Crippen LogP contribution is -2.49. The minimum absolute atomic E-state index is 0.776. The van der Waals surface area contributed by atoms with Gasteiger partial charge in [-0.25, -0.2) is 0 Å². The average molecular weight is 271 g/mol. The predicted octanol–water partition coefficient (Wildman–Crippen LogP) is 4.80. The van der Waals surface area contributed by atoms with Crippen LogP contribution < -0.4 is 5.32 Å². The van der Waals surface area contributed by atoms with Gasteiger partial charge in [0.15, 0.2) is 0 Å². The zero-order valence-electron chi connectivity index (χ0n) is 13.1. The van der Waals surface area contributed by atoms with Crippen LogP contribution in [0.5, 0.6) is 0 Å². The smallest absolute Gasteiger partial charge is 0.00978 e. The number of aryl methyl sites for hydroxylation is 1. The van der Waals surface area contributed by atoms with Gasteiger partial charge in [0.1, 0.15) is 0 Å². The number of benzene rings is 1. The van der Waals surface area contributed by atoms with Gasteiger partial charge in [0.2, 0.25) is 0 Å². The Morgan fingerprint density at radius 1 is 1.15 bits per heavy atom. The average Bonchev–Trinajstić information content (AvgIpc) is 2.42. The Balaban J connectivity index is 1.50. The highest BCUT2D eigenvalue weighted by atomic mass is 15.0. The lowest BCUT2D eigenvalue weighted by molar-refractivity contribution is 0.189. The number of nitrogens with one attached hydrogen (secondary N) is 1. The van der Waals surface area contributed by atoms with Crippen molar-refractivity contribution >= 4 is 0 Å². The molecule has 1 aromatic carbocycles. The molecule has 2 fully saturated rings. The van der Waals surface area contributed by atoms with Crippen molar-refractivity contribution in [3.8, 4) is 0 Å². The van der Waals surface area contributed by atoms with E-state index in [2.05, 4.69) is 43.4 Å². The molecule has 1 heteroatoms. The summed E-state index contributed by atoms with van der Waals surface area (Å²) < 4.78 is 0. The SMILES string of the molecule is CCC1CCCCC1NC1CC(c2cccc(C)c2)C1. The first-order chi connectivity index (χ1) is 9.76. The van der Waals surface area contributed by atoms with Gasteiger partial charge in [-0.15, -0.1) is 0 Å². The first-order valence-corrected chi connectivity index (χ1v) is 8.59. The summed E-state index contributed by atoms with van der Waals surface area (Å²) >= 11 is 0. The summed E-state index contributed by atoms with van der Waals surface area (Å²) in [6.07, 6.45) is 9.78. The van der Waals surface area contributed by atoms with E-state index in [1.54, 1.807) is 5.56 Å². The molecule has 2 aliphatic carbocycles. The molecule has 0 spiro atoms. The summed E-state index contributed by atoms with van der Waals surface area (Å²) in [6.45, 7) is 4.56. The van der Waals surface area contributed by atoms with Crippen molar-refractivity contribution < 1.29 is 0 Å². The Labute approximate surface area is 124 Å². The molecule has 3 rings (SSSR count). The van der Waals surface area contributed by atoms with Crippen molar-refractivity contribution in [2.24, 2.45) is 5.92 Å². The van der Waals surface area contributed by atoms with Gasteiger partial charge in [0.25, 0.3) is 0 Å². The molecule has 2 aliphatic rings. The maximum absolute atomic E-state index is 3.97. The van der Waals surface area contributed by atoms with Crippen LogP contribution in [0.2, 0.25) is 0 Å². The summed E-state index contributed by atoms with van der Waals surface area (Å²) in [5, 5.41) is 3.97. The van der Waals surface area contributed by atoms with Gasteiger partial charge < -0.3 is 5.32 Å². The zero-order valence-corrected chi connectivity index (χ0v) is 13.1. The zero-order chi connectivity index (χ0) is 13.9. The van der Waals surface area contributed by atoms with Crippen molar-refractivity contribution in [1.82, 2.24) is 5.32 Å². The van der Waals surface area contributed by atoms with Gasteiger partial charge in [0.05, 0.1) is 0 Å². The molecular formula is C19H29N. The maximum Gasteiger partial charge on any atom is 0.00978 e. The third kappa shape index (κ3) is 3.09. The fourth-order valence-electron chi connectivity index (χ4n) is 4.17. The topological polar surface area (TPSA) is 12.0 Å². The van der Waals surface area contributed by atoms with Gasteiger partial charge in [-0.3, -0.25) is 0 Å². The summed E-state index contributed by atoms with van der Waals surface area (Å²) in [6, 6.07) is 10.7. The summed E-state index contributed by atoms with van der Waals surface area (Å²) in [5.74, 6) is 1.73. The highest BCUT2D eigenvalue weighted by Crippen LogP contribution is 2.38. The van der Waals surface area contributed by atoms with Crippen LogP contribution in [0.25, 0.3) is 0 Å². The van der Waals surface area contributed by atoms with E-state index >= 15 is 0 Å². The molecule has 2 atom stereocenters. The molecular weight excluding hydrogens is 242 g/mol. The Bertz CT molecular complexity index is 433. The number of rotatable bonds is 4. The van der Waals surface area contributed by atoms with E-state index in [1.807, 2.05) is 0 Å². The Hall–Kier alpha value is -0.820. The Morgan fingerprint density at radius 3 is 2.70 bits per heavy atom. The van der Waals surface area contributed by atoms with Crippen LogP contribution in [0.15, 0.2) is 24.3 Å². The van der Waals surface area contributed by atoms with E-state index in [9.17, 15) is 0 Å². The fourth-order valence-corrected chi connectivity index (χ4v) is 4.17. The van der Waals surface area contributed by atoms with Gasteiger partial charge in [-0.05, 0) is 50.0 Å². The van der Waals surface area contributed by atoms with E-state index in [-0.39, 0.29) is 0 Å². The normalized spacial score (nSPS) is 33.7. The van der Waals surface area contributed by atoms with Crippen LogP contribution in [-0.2, 0) is 0 Å². The summed E-state index contributed by atoms with van der Waals surface area (Å²) in [5.41, 5.74) is 2.95. The molecule has 1 nitrogen and oxygen atoms in total. The number of hydrogen-bond donors (Lipinski definition) is 1. The minimum atomic E-state index is 0.776. The first kappa shape index (κ1) is 14.1. The molecule has 2 unspecified atom stereocenters. The molecule has 0 saturated heterocycles. The molecule has 1 aromatic rings. The lowest BCUT2D eigenvalue weighted by Gasteiger charge is -2.42. The molecule has 2 saturated carbocycles. The Morgan fingerprint density at radius 2 is 1.95 bits per heavy atom. The van der Waals surface area contributed by atoms with Gasteiger partial charge in [-0.1, -0.05) is 56.0 Å². The van der Waals surface area contributed by atoms with Crippen LogP contribution in [-0.4, -0.2) is 12.1 Å². The van der Waals surface area contributed by atoms with Crippen molar-refractivity contribution in [2.45, 2.75) is 76.8 Å². The second-order valence-corrected chi connectivity index (χ2v) is 7.01. The van der Waals surface area contributed by atoms with Gasteiger partial charge >= 0.3 is 0 Å². The van der Waals surface area contributed by atoms with Crippen LogP contribution in [0.1, 0.15) is 68.9 Å². The molecule has 0 bridgehead atoms. The van der Waals surface area contributed by atoms with E-state index in [0.717, 1.165) is 23.9 Å². The third-order valence-corrected chi connectivity index (χ3v) is 5.53. The van der Waals surface area contributed by atoms with Crippen molar-refractivity contribution in [3.63, 3.8) is 0 Å². The summed E-state index contributed by atoms with van der Waals surface area (Å²) in [7, 11) is 0. The second kappa shape index (κ2) is 6.30. The van der Waals surface area contributed by atoms with E-state index in [0.29, 0.717) is 0 Å². The van der Waals surface area contributed by atoms with Crippen molar-refractivity contribution in [3.05, 3.63) is 35.4 Å². The Kier molecular flexibility index (Phi) is 4.45. The molecule has 0 amide bonds. The number of hydrogen-bond acceptors (Lipinski definition) is 1. The van der Waals surface area contributed by atoms with Crippen LogP contribution in [0, 0.1) is 12.8 Å². The highest BCUT2D eigenvalue weighted by Gasteiger charge is 2.33. The second-order valence-electron chi connectivity index (χ2n) is 7.01. The quantitative estimate of drug-likeness (QED) is 0.829. The van der Waals surface area contributed by atoms with E-state index in [4.69, 9.17) is 0 Å². The molecule has 0 aromatic heterocycles. The van der Waals surface area contributed by atoms with Gasteiger partial charge in [0, 0.05) is 12.1 Å². The van der Waals surface area contributed by atoms with Crippen LogP contribution in [0.4, 0.5) is 0 Å². The third-order valence-electron chi connectivity index (χ3n) is 5.53. The summed E-state index contributed by atoms with van der Waals surface area (Å²) in [4.78, 5) is 0. The molecule has 20 heavy (non-hydrogen) atoms. The standard InChI is InChI=1S/C19H29N/c1-3-15-8-4-5-10-19(15)20-18-12-17(13-18)16-9-6-7-14(2)11-16/h6-7,9,11,15,17-20H,3-5,8,10,12-13H2,1-2H3. The lowest BCUT2D eigenvalue weighted by atomic mass is 9.74. The highest BCUT2D eigenvalue weighted by molar-refractivity contribution is 5.27. The van der Waals surface area contributed by atoms with Crippen LogP contribution in [0.3, 0.4) is 0 Å². The van der Waals surface area contributed by atoms with Crippen LogP contribution >= 0.6 is 0 Å². The van der Waals surface area contributed by atoms with E-state index in [1.165, 1.54) is 50.5 Å². The first-order valence-electron chi connectivity index (χ1n) is 8.59. The molecule has 0 heterocycles. The fraction of sp³-hybridized carbons (Fsp3) is 0.684. The van der Waals surface area contributed by atoms with E-state index < -0.39 is 0 Å². The molecule has 0 radical (unpaired) electrons. The monoisotopic (exact) mass is 271 g/mol. The molecule has 1 N–H and O–H groups in total. The van der Waals surface area contributed by atoms with Gasteiger partial charge in [-0.2, -0.15) is 0 Å². The maximum atomic E-state index is 3.97. The predicted molar refractivity (Wildman–Crippen MR) is 86.1 cm³/mol.